The van der Waals surface area contributed by atoms with Crippen LogP contribution in [-0.4, -0.2) is 35.2 Å². The summed E-state index contributed by atoms with van der Waals surface area (Å²) >= 11 is 1.42. The summed E-state index contributed by atoms with van der Waals surface area (Å²) in [7, 11) is 0. The lowest BCUT2D eigenvalue weighted by molar-refractivity contribution is -0.152. The topological polar surface area (TPSA) is 97.8 Å². The van der Waals surface area contributed by atoms with Gasteiger partial charge in [-0.2, -0.15) is 0 Å². The fourth-order valence-corrected chi connectivity index (χ4v) is 5.57. The van der Waals surface area contributed by atoms with Gasteiger partial charge in [0, 0.05) is 22.8 Å². The Morgan fingerprint density at radius 2 is 1.83 bits per heavy atom. The van der Waals surface area contributed by atoms with Crippen molar-refractivity contribution in [3.63, 3.8) is 0 Å². The SMILES string of the molecule is CCOC(=O)C1=C(C)NC(C)(c2ccccc2)C(C(=O)OCC)C1c1nccs1.Oc1ccc2cc1-2. The number of ether oxygens (including phenoxy) is 2. The standard InChI is InChI=1S/C22H26N2O4S.C6H4O/c1-5-27-20(25)16-14(3)24-22(4,15-10-8-7-9-11-15)18(21(26)28-6-2)17(16)19-23-12-13-29-19;7-6-2-1-4-3-5(4)6/h7-13,17-18,24H,5-6H2,1-4H3;1-3,7H. The number of aromatic hydroxyl groups is 1. The summed E-state index contributed by atoms with van der Waals surface area (Å²) in [4.78, 5) is 30.6. The summed E-state index contributed by atoms with van der Waals surface area (Å²) in [6.45, 7) is 7.85. The van der Waals surface area contributed by atoms with E-state index in [2.05, 4.69) is 10.3 Å². The normalized spacial score (nSPS) is 21.6. The van der Waals surface area contributed by atoms with E-state index in [9.17, 15) is 9.59 Å². The van der Waals surface area contributed by atoms with Gasteiger partial charge in [0.2, 0.25) is 0 Å². The van der Waals surface area contributed by atoms with Crippen LogP contribution in [0.3, 0.4) is 0 Å². The lowest BCUT2D eigenvalue weighted by atomic mass is 9.67. The van der Waals surface area contributed by atoms with Gasteiger partial charge in [-0.3, -0.25) is 4.79 Å². The molecule has 5 rings (SSSR count). The van der Waals surface area contributed by atoms with Crippen LogP contribution in [0.5, 0.6) is 5.75 Å². The van der Waals surface area contributed by atoms with Gasteiger partial charge in [0.15, 0.2) is 0 Å². The number of nitrogens with zero attached hydrogens (tertiary/aromatic N) is 1. The molecule has 1 aromatic carbocycles. The molecule has 7 nitrogen and oxygen atoms in total. The molecule has 36 heavy (non-hydrogen) atoms. The summed E-state index contributed by atoms with van der Waals surface area (Å²) in [6, 6.07) is 15.3. The van der Waals surface area contributed by atoms with Crippen molar-refractivity contribution in [3.05, 3.63) is 81.9 Å². The number of allylic oxidation sites excluding steroid dienone is 1. The van der Waals surface area contributed by atoms with Gasteiger partial charge >= 0.3 is 11.9 Å². The third-order valence-electron chi connectivity index (χ3n) is 6.47. The highest BCUT2D eigenvalue weighted by Crippen LogP contribution is 2.49. The molecule has 0 bridgehead atoms. The van der Waals surface area contributed by atoms with E-state index in [0.717, 1.165) is 11.1 Å². The molecule has 0 saturated carbocycles. The number of carbonyl (C=O) groups is 2. The Kier molecular flexibility index (Phi) is 7.45. The van der Waals surface area contributed by atoms with Gasteiger partial charge in [-0.1, -0.05) is 36.4 Å². The molecule has 3 unspecified atom stereocenters. The molecule has 188 valence electrons. The minimum atomic E-state index is -0.788. The van der Waals surface area contributed by atoms with E-state index in [1.807, 2.05) is 61.7 Å². The van der Waals surface area contributed by atoms with Gasteiger partial charge in [-0.05, 0) is 51.0 Å². The second-order valence-corrected chi connectivity index (χ2v) is 9.69. The Morgan fingerprint density at radius 3 is 2.33 bits per heavy atom. The minimum absolute atomic E-state index is 0.250. The largest absolute Gasteiger partial charge is 0.507 e. The number of hydrogen-bond donors (Lipinski definition) is 2. The first-order valence-corrected chi connectivity index (χ1v) is 12.8. The van der Waals surface area contributed by atoms with Crippen LogP contribution in [0.4, 0.5) is 0 Å². The van der Waals surface area contributed by atoms with Gasteiger partial charge in [0.1, 0.15) is 10.8 Å². The number of hydrogen-bond acceptors (Lipinski definition) is 8. The molecule has 3 atom stereocenters. The zero-order valence-electron chi connectivity index (χ0n) is 20.8. The molecule has 0 amide bonds. The number of benzene rings is 2. The summed E-state index contributed by atoms with van der Waals surface area (Å²) in [5.41, 5.74) is 3.47. The summed E-state index contributed by atoms with van der Waals surface area (Å²) in [5, 5.41) is 14.7. The predicted molar refractivity (Wildman–Crippen MR) is 138 cm³/mol. The fraction of sp³-hybridized carbons (Fsp3) is 0.321. The van der Waals surface area contributed by atoms with Crippen LogP contribution in [0.2, 0.25) is 0 Å². The van der Waals surface area contributed by atoms with Crippen LogP contribution in [0.1, 0.15) is 44.2 Å². The molecule has 8 heteroatoms. The number of aromatic nitrogens is 1. The van der Waals surface area contributed by atoms with Gasteiger partial charge in [-0.25, -0.2) is 9.78 Å². The van der Waals surface area contributed by atoms with Crippen LogP contribution in [0, 0.1) is 5.92 Å². The van der Waals surface area contributed by atoms with Crippen molar-refractivity contribution in [2.45, 2.75) is 39.2 Å². The highest BCUT2D eigenvalue weighted by atomic mass is 32.1. The van der Waals surface area contributed by atoms with Crippen molar-refractivity contribution in [3.8, 4) is 16.9 Å². The number of rotatable bonds is 6. The summed E-state index contributed by atoms with van der Waals surface area (Å²) < 4.78 is 10.8. The van der Waals surface area contributed by atoms with Crippen LogP contribution in [-0.2, 0) is 24.6 Å². The predicted octanol–water partition coefficient (Wildman–Crippen LogP) is 5.13. The third-order valence-corrected chi connectivity index (χ3v) is 7.33. The molecule has 2 N–H and O–H groups in total. The van der Waals surface area contributed by atoms with Crippen LogP contribution >= 0.6 is 11.3 Å². The lowest BCUT2D eigenvalue weighted by Gasteiger charge is -2.46. The molecule has 2 aliphatic carbocycles. The second-order valence-electron chi connectivity index (χ2n) is 8.76. The number of nitrogens with one attached hydrogen (secondary N) is 1. The van der Waals surface area contributed by atoms with Crippen molar-refractivity contribution in [2.75, 3.05) is 13.2 Å². The first kappa shape index (κ1) is 25.4. The molecule has 3 aliphatic rings. The molecular formula is C28H30N2O5S. The summed E-state index contributed by atoms with van der Waals surface area (Å²) in [6.07, 6.45) is 1.68. The molecule has 0 radical (unpaired) electrons. The van der Waals surface area contributed by atoms with Gasteiger partial charge in [0.25, 0.3) is 0 Å². The molecule has 0 fully saturated rings. The molecule has 2 aromatic rings. The lowest BCUT2D eigenvalue weighted by Crippen LogP contribution is -2.55. The minimum Gasteiger partial charge on any atom is -0.507 e. The maximum absolute atomic E-state index is 13.3. The van der Waals surface area contributed by atoms with E-state index < -0.39 is 23.3 Å². The highest BCUT2D eigenvalue weighted by Gasteiger charge is 2.54. The molecule has 2 heterocycles. The molecular weight excluding hydrogens is 476 g/mol. The Morgan fingerprint density at radius 1 is 1.11 bits per heavy atom. The molecule has 1 aliphatic heterocycles. The number of carbonyl (C=O) groups excluding carboxylic acids is 2. The third kappa shape index (κ3) is 4.86. The Bertz CT molecular complexity index is 1270. The Balaban J connectivity index is 0.000000367. The smallest absolute Gasteiger partial charge is 0.336 e. The fourth-order valence-electron chi connectivity index (χ4n) is 4.79. The van der Waals surface area contributed by atoms with Crippen molar-refractivity contribution in [1.29, 1.82) is 0 Å². The average Bonchev–Trinajstić information content (AvgIpc) is 3.26. The molecule has 0 saturated heterocycles. The monoisotopic (exact) mass is 506 g/mol. The second kappa shape index (κ2) is 10.5. The Labute approximate surface area is 214 Å². The summed E-state index contributed by atoms with van der Waals surface area (Å²) in [5.74, 6) is -1.66. The van der Waals surface area contributed by atoms with Gasteiger partial charge in [-0.15, -0.1) is 11.3 Å². The first-order valence-electron chi connectivity index (χ1n) is 11.9. The highest BCUT2D eigenvalue weighted by molar-refractivity contribution is 7.09. The van der Waals surface area contributed by atoms with Gasteiger partial charge < -0.3 is 19.9 Å². The van der Waals surface area contributed by atoms with Crippen molar-refractivity contribution < 1.29 is 24.2 Å². The zero-order valence-corrected chi connectivity index (χ0v) is 21.6. The van der Waals surface area contributed by atoms with E-state index in [0.29, 0.717) is 22.0 Å². The quantitative estimate of drug-likeness (QED) is 0.350. The average molecular weight is 507 g/mol. The molecule has 0 spiro atoms. The maximum Gasteiger partial charge on any atom is 0.336 e. The van der Waals surface area contributed by atoms with Crippen LogP contribution in [0.15, 0.2) is 71.4 Å². The van der Waals surface area contributed by atoms with E-state index in [4.69, 9.17) is 14.6 Å². The number of esters is 2. The number of phenols is 1. The first-order chi connectivity index (χ1) is 17.3. The van der Waals surface area contributed by atoms with Crippen molar-refractivity contribution in [2.24, 2.45) is 5.92 Å². The van der Waals surface area contributed by atoms with E-state index in [1.54, 1.807) is 26.1 Å². The van der Waals surface area contributed by atoms with Crippen LogP contribution < -0.4 is 5.32 Å². The van der Waals surface area contributed by atoms with Gasteiger partial charge in [0.05, 0.1) is 36.2 Å². The van der Waals surface area contributed by atoms with E-state index in [1.165, 1.54) is 16.9 Å². The molecule has 1 aromatic heterocycles. The number of phenolic OH excluding ortho intramolecular Hbond substituents is 1. The van der Waals surface area contributed by atoms with Crippen molar-refractivity contribution in [1.82, 2.24) is 10.3 Å². The maximum atomic E-state index is 13.3. The number of thiazole rings is 1. The van der Waals surface area contributed by atoms with Crippen LogP contribution in [0.25, 0.3) is 11.1 Å². The number of fused-ring (bicyclic) bond motifs is 1. The van der Waals surface area contributed by atoms with Crippen molar-refractivity contribution >= 4 is 23.3 Å². The zero-order chi connectivity index (χ0) is 25.9. The van der Waals surface area contributed by atoms with E-state index in [-0.39, 0.29) is 19.2 Å². The van der Waals surface area contributed by atoms with E-state index >= 15 is 0 Å². The Hall–Kier alpha value is -3.65.